The molecule has 3 aliphatic rings. The number of benzene rings is 1. The van der Waals surface area contributed by atoms with Crippen molar-refractivity contribution in [2.45, 2.75) is 56.4 Å². The first-order valence-corrected chi connectivity index (χ1v) is 10.2. The second-order valence-corrected chi connectivity index (χ2v) is 8.59. The van der Waals surface area contributed by atoms with Gasteiger partial charge in [0.25, 0.3) is 0 Å². The Hall–Kier alpha value is -2.34. The zero-order valence-electron chi connectivity index (χ0n) is 16.1. The van der Waals surface area contributed by atoms with Crippen LogP contribution in [0.1, 0.15) is 49.7 Å². The lowest BCUT2D eigenvalue weighted by Crippen LogP contribution is -2.55. The van der Waals surface area contributed by atoms with E-state index in [4.69, 9.17) is 5.73 Å². The highest BCUT2D eigenvalue weighted by Crippen LogP contribution is 2.52. The van der Waals surface area contributed by atoms with Crippen molar-refractivity contribution in [3.63, 3.8) is 0 Å². The summed E-state index contributed by atoms with van der Waals surface area (Å²) in [6.45, 7) is 1.93. The first kappa shape index (κ1) is 19.0. The summed E-state index contributed by atoms with van der Waals surface area (Å²) in [5.74, 6) is -0.345. The Kier molecular flexibility index (Phi) is 4.91. The number of carbonyl (C=O) groups is 2. The monoisotopic (exact) mass is 384 g/mol. The van der Waals surface area contributed by atoms with E-state index in [2.05, 4.69) is 4.90 Å². The predicted molar refractivity (Wildman–Crippen MR) is 105 cm³/mol. The Bertz CT molecular complexity index is 830. The predicted octanol–water partition coefficient (Wildman–Crippen LogP) is 2.34. The van der Waals surface area contributed by atoms with E-state index in [9.17, 15) is 19.8 Å². The summed E-state index contributed by atoms with van der Waals surface area (Å²) >= 11 is 0. The molecule has 1 aliphatic heterocycles. The van der Waals surface area contributed by atoms with Gasteiger partial charge in [-0.05, 0) is 79.8 Å². The van der Waals surface area contributed by atoms with Gasteiger partial charge in [0.15, 0.2) is 0 Å². The third-order valence-corrected chi connectivity index (χ3v) is 6.70. The molecule has 2 fully saturated rings. The quantitative estimate of drug-likeness (QED) is 0.626. The molecular formula is C22H28N2O4. The fraction of sp³-hybridized carbons (Fsp3) is 0.545. The third kappa shape index (κ3) is 3.53. The number of aliphatic carboxylic acids is 1. The van der Waals surface area contributed by atoms with Gasteiger partial charge in [0.2, 0.25) is 5.91 Å². The molecule has 28 heavy (non-hydrogen) atoms. The molecule has 1 aromatic carbocycles. The normalized spacial score (nSPS) is 28.1. The van der Waals surface area contributed by atoms with Crippen LogP contribution in [-0.2, 0) is 21.4 Å². The number of aromatic hydroxyl groups is 1. The summed E-state index contributed by atoms with van der Waals surface area (Å²) in [5.41, 5.74) is 8.02. The van der Waals surface area contributed by atoms with Gasteiger partial charge >= 0.3 is 5.97 Å². The van der Waals surface area contributed by atoms with Crippen molar-refractivity contribution in [2.24, 2.45) is 11.7 Å². The molecule has 2 bridgehead atoms. The molecule has 2 atom stereocenters. The van der Waals surface area contributed by atoms with E-state index in [1.165, 1.54) is 24.5 Å². The minimum atomic E-state index is -0.934. The van der Waals surface area contributed by atoms with Gasteiger partial charge in [0.1, 0.15) is 5.75 Å². The van der Waals surface area contributed by atoms with Crippen LogP contribution in [-0.4, -0.2) is 46.1 Å². The number of fused-ring (bicyclic) bond motifs is 4. The van der Waals surface area contributed by atoms with Crippen molar-refractivity contribution in [3.05, 3.63) is 41.0 Å². The number of hydrogen-bond acceptors (Lipinski definition) is 4. The molecule has 0 spiro atoms. The van der Waals surface area contributed by atoms with Crippen LogP contribution < -0.4 is 5.73 Å². The van der Waals surface area contributed by atoms with Crippen LogP contribution in [0.5, 0.6) is 5.75 Å². The summed E-state index contributed by atoms with van der Waals surface area (Å²) < 4.78 is 0. The van der Waals surface area contributed by atoms with Crippen LogP contribution in [0.15, 0.2) is 29.8 Å². The zero-order chi connectivity index (χ0) is 19.9. The van der Waals surface area contributed by atoms with Crippen LogP contribution in [0, 0.1) is 5.92 Å². The standard InChI is InChI=1S/C22H28N2O4/c23-20(26)2-1-7-22-8-9-24(13-14-3-4-14)19(18(22)12-21(27)28)10-15-5-6-16(25)11-17(15)22/h5-6,11-12,14,19,25H,1-4,7-10,13H2,(H2,23,26)(H,27,28)/b18-12+/t19-,22+/m1/s1. The number of hydrogen-bond donors (Lipinski definition) is 3. The Morgan fingerprint density at radius 2 is 2.11 bits per heavy atom. The molecule has 4 rings (SSSR count). The van der Waals surface area contributed by atoms with Crippen molar-refractivity contribution in [1.29, 1.82) is 0 Å². The van der Waals surface area contributed by atoms with Crippen molar-refractivity contribution >= 4 is 11.9 Å². The van der Waals surface area contributed by atoms with Crippen molar-refractivity contribution < 1.29 is 19.8 Å². The van der Waals surface area contributed by atoms with E-state index in [1.807, 2.05) is 6.07 Å². The number of amides is 1. The fourth-order valence-corrected chi connectivity index (χ4v) is 5.26. The highest BCUT2D eigenvalue weighted by molar-refractivity contribution is 5.82. The van der Waals surface area contributed by atoms with Gasteiger partial charge in [-0.1, -0.05) is 6.07 Å². The maximum atomic E-state index is 11.7. The van der Waals surface area contributed by atoms with Crippen LogP contribution in [0.3, 0.4) is 0 Å². The first-order chi connectivity index (χ1) is 13.4. The highest BCUT2D eigenvalue weighted by Gasteiger charge is 2.50. The molecule has 1 amide bonds. The number of phenolic OH excluding ortho intramolecular Hbond substituents is 1. The molecule has 1 heterocycles. The molecule has 0 unspecified atom stereocenters. The molecule has 1 saturated heterocycles. The topological polar surface area (TPSA) is 104 Å². The number of carboxylic acid groups (broad SMARTS) is 1. The van der Waals surface area contributed by atoms with E-state index in [-0.39, 0.29) is 24.1 Å². The van der Waals surface area contributed by atoms with Crippen LogP contribution in [0.4, 0.5) is 0 Å². The summed E-state index contributed by atoms with van der Waals surface area (Å²) in [6.07, 6.45) is 7.03. The largest absolute Gasteiger partial charge is 0.508 e. The molecule has 150 valence electrons. The number of piperidine rings is 1. The van der Waals surface area contributed by atoms with Crippen molar-refractivity contribution in [3.8, 4) is 5.75 Å². The van der Waals surface area contributed by atoms with Crippen LogP contribution in [0.25, 0.3) is 0 Å². The summed E-state index contributed by atoms with van der Waals surface area (Å²) in [4.78, 5) is 25.5. The van der Waals surface area contributed by atoms with Crippen LogP contribution >= 0.6 is 0 Å². The maximum absolute atomic E-state index is 11.7. The highest BCUT2D eigenvalue weighted by atomic mass is 16.4. The van der Waals surface area contributed by atoms with E-state index in [1.54, 1.807) is 12.1 Å². The number of phenols is 1. The number of nitrogens with two attached hydrogens (primary N) is 1. The molecular weight excluding hydrogens is 356 g/mol. The van der Waals surface area contributed by atoms with Gasteiger partial charge in [0.05, 0.1) is 0 Å². The SMILES string of the molecule is NC(=O)CCC[C@]12CCN(CC3CC3)[C@H](Cc3ccc(O)cc31)/C2=C\C(=O)O. The lowest BCUT2D eigenvalue weighted by atomic mass is 9.58. The molecule has 2 aliphatic carbocycles. The lowest BCUT2D eigenvalue weighted by molar-refractivity contribution is -0.131. The fourth-order valence-electron chi connectivity index (χ4n) is 5.26. The molecule has 6 nitrogen and oxygen atoms in total. The molecule has 1 aromatic rings. The molecule has 0 radical (unpaired) electrons. The number of primary amides is 1. The number of likely N-dealkylation sites (tertiary alicyclic amines) is 1. The van der Waals surface area contributed by atoms with E-state index < -0.39 is 11.4 Å². The summed E-state index contributed by atoms with van der Waals surface area (Å²) in [5, 5.41) is 19.8. The zero-order valence-corrected chi connectivity index (χ0v) is 16.1. The van der Waals surface area contributed by atoms with Crippen molar-refractivity contribution in [1.82, 2.24) is 4.90 Å². The Balaban J connectivity index is 1.78. The van der Waals surface area contributed by atoms with Gasteiger partial charge in [-0.15, -0.1) is 0 Å². The molecule has 4 N–H and O–H groups in total. The molecule has 0 aromatic heterocycles. The van der Waals surface area contributed by atoms with E-state index in [0.717, 1.165) is 43.0 Å². The average Bonchev–Trinajstić information content (AvgIpc) is 3.43. The number of rotatable bonds is 7. The average molecular weight is 384 g/mol. The lowest BCUT2D eigenvalue weighted by Gasteiger charge is -2.53. The Labute approximate surface area is 165 Å². The van der Waals surface area contributed by atoms with Crippen LogP contribution in [0.2, 0.25) is 0 Å². The van der Waals surface area contributed by atoms with Crippen molar-refractivity contribution in [2.75, 3.05) is 13.1 Å². The minimum Gasteiger partial charge on any atom is -0.508 e. The summed E-state index contributed by atoms with van der Waals surface area (Å²) in [7, 11) is 0. The van der Waals surface area contributed by atoms with Gasteiger partial charge in [-0.3, -0.25) is 9.69 Å². The number of nitrogens with zero attached hydrogens (tertiary/aromatic N) is 1. The number of carboxylic acids is 1. The first-order valence-electron chi connectivity index (χ1n) is 10.2. The number of carbonyl (C=O) groups excluding carboxylic acids is 1. The smallest absolute Gasteiger partial charge is 0.328 e. The van der Waals surface area contributed by atoms with E-state index >= 15 is 0 Å². The second kappa shape index (κ2) is 7.24. The Morgan fingerprint density at radius 3 is 2.79 bits per heavy atom. The van der Waals surface area contributed by atoms with Gasteiger partial charge in [-0.25, -0.2) is 4.79 Å². The molecule has 1 saturated carbocycles. The van der Waals surface area contributed by atoms with Gasteiger partial charge in [0, 0.05) is 30.5 Å². The Morgan fingerprint density at radius 1 is 1.32 bits per heavy atom. The van der Waals surface area contributed by atoms with Gasteiger partial charge < -0.3 is 15.9 Å². The molecule has 6 heteroatoms. The third-order valence-electron chi connectivity index (χ3n) is 6.70. The maximum Gasteiger partial charge on any atom is 0.328 e. The summed E-state index contributed by atoms with van der Waals surface area (Å²) in [6, 6.07) is 5.54. The minimum absolute atomic E-state index is 0.0658. The van der Waals surface area contributed by atoms with E-state index in [0.29, 0.717) is 12.8 Å². The second-order valence-electron chi connectivity index (χ2n) is 8.59. The van der Waals surface area contributed by atoms with Gasteiger partial charge in [-0.2, -0.15) is 0 Å².